The number of benzene rings is 1. The lowest BCUT2D eigenvalue weighted by molar-refractivity contribution is -0.142. The molecule has 0 spiro atoms. The average Bonchev–Trinajstić information content (AvgIpc) is 3.16. The quantitative estimate of drug-likeness (QED) is 0.0258. The number of amides is 5. The topological polar surface area (TPSA) is 278 Å². The zero-order chi connectivity index (χ0) is 41.9. The highest BCUT2D eigenvalue weighted by molar-refractivity contribution is 7.80. The summed E-state index contributed by atoms with van der Waals surface area (Å²) in [6.07, 6.45) is 0.337. The third-order valence-electron chi connectivity index (χ3n) is 7.59. The van der Waals surface area contributed by atoms with Gasteiger partial charge in [-0.3, -0.25) is 33.6 Å². The number of nitrogens with one attached hydrogen (secondary N) is 5. The highest BCUT2D eigenvalue weighted by atomic mass is 32.1. The normalized spacial score (nSPS) is 12.6. The second-order valence-corrected chi connectivity index (χ2v) is 13.0. The molecule has 0 bridgehead atoms. The zero-order valence-electron chi connectivity index (χ0n) is 32.6. The van der Waals surface area contributed by atoms with Gasteiger partial charge in [-0.1, -0.05) is 19.9 Å². The molecule has 20 heteroatoms. The van der Waals surface area contributed by atoms with Crippen molar-refractivity contribution < 1.29 is 57.2 Å². The number of esters is 1. The van der Waals surface area contributed by atoms with Crippen LogP contribution in [0.3, 0.4) is 0 Å². The maximum atomic E-state index is 13.0. The molecule has 0 saturated carbocycles. The van der Waals surface area contributed by atoms with Crippen LogP contribution in [-0.4, -0.2) is 138 Å². The number of hydrogen-bond donors (Lipinski definition) is 8. The molecule has 3 unspecified atom stereocenters. The van der Waals surface area contributed by atoms with E-state index in [1.165, 1.54) is 32.0 Å². The first-order chi connectivity index (χ1) is 26.7. The Bertz CT molecular complexity index is 1420. The largest absolute Gasteiger partial charge is 0.461 e. The number of carbonyl (C=O) groups is 7. The molecule has 3 atom stereocenters. The van der Waals surface area contributed by atoms with Crippen molar-refractivity contribution in [1.29, 1.82) is 0 Å². The molecule has 0 saturated heterocycles. The molecule has 0 heterocycles. The fourth-order valence-corrected chi connectivity index (χ4v) is 4.73. The first-order valence-electron chi connectivity index (χ1n) is 18.3. The van der Waals surface area contributed by atoms with Gasteiger partial charge in [-0.2, -0.15) is 12.6 Å². The number of anilines is 1. The van der Waals surface area contributed by atoms with Gasteiger partial charge in [-0.15, -0.1) is 0 Å². The molecule has 0 aromatic heterocycles. The summed E-state index contributed by atoms with van der Waals surface area (Å²) in [4.78, 5) is 86.6. The summed E-state index contributed by atoms with van der Waals surface area (Å²) in [5.41, 5.74) is 12.2. The van der Waals surface area contributed by atoms with Gasteiger partial charge >= 0.3 is 5.97 Å². The molecule has 0 aliphatic carbocycles. The van der Waals surface area contributed by atoms with Crippen LogP contribution in [0.2, 0.25) is 0 Å². The van der Waals surface area contributed by atoms with E-state index in [0.29, 0.717) is 45.0 Å². The first kappa shape index (κ1) is 49.8. The van der Waals surface area contributed by atoms with Crippen molar-refractivity contribution in [1.82, 2.24) is 21.3 Å². The molecule has 0 aliphatic heterocycles. The number of ether oxygens (including phenoxy) is 5. The minimum absolute atomic E-state index is 0.00107. The summed E-state index contributed by atoms with van der Waals surface area (Å²) in [5, 5.41) is 12.7. The minimum Gasteiger partial charge on any atom is -0.461 e. The lowest BCUT2D eigenvalue weighted by Crippen LogP contribution is -2.59. The van der Waals surface area contributed by atoms with E-state index in [0.717, 1.165) is 0 Å². The molecule has 9 N–H and O–H groups in total. The molecule has 1 aromatic rings. The second kappa shape index (κ2) is 29.1. The van der Waals surface area contributed by atoms with Crippen molar-refractivity contribution in [3.8, 4) is 0 Å². The van der Waals surface area contributed by atoms with Crippen molar-refractivity contribution >= 4 is 59.6 Å². The molecule has 1 aromatic carbocycles. The van der Waals surface area contributed by atoms with Gasteiger partial charge < -0.3 is 61.7 Å². The Balaban J connectivity index is 2.45. The second-order valence-electron chi connectivity index (χ2n) is 12.7. The number of rotatable bonds is 30. The predicted molar refractivity (Wildman–Crippen MR) is 209 cm³/mol. The Labute approximate surface area is 333 Å². The number of hydrogen-bond acceptors (Lipinski definition) is 15. The van der Waals surface area contributed by atoms with E-state index in [4.69, 9.17) is 35.2 Å². The minimum atomic E-state index is -1.26. The highest BCUT2D eigenvalue weighted by Gasteiger charge is 2.29. The summed E-state index contributed by atoms with van der Waals surface area (Å²) in [6, 6.07) is 1.16. The van der Waals surface area contributed by atoms with Crippen LogP contribution in [0, 0.1) is 5.92 Å². The smallest absolute Gasteiger partial charge is 0.302 e. The van der Waals surface area contributed by atoms with Crippen LogP contribution in [0.4, 0.5) is 5.69 Å². The van der Waals surface area contributed by atoms with E-state index in [9.17, 15) is 33.6 Å². The van der Waals surface area contributed by atoms with Gasteiger partial charge in [0.2, 0.25) is 23.6 Å². The maximum absolute atomic E-state index is 13.0. The molecule has 5 amide bonds. The lowest BCUT2D eigenvalue weighted by Gasteiger charge is -2.24. The number of thiol groups is 1. The zero-order valence-corrected chi connectivity index (χ0v) is 33.5. The van der Waals surface area contributed by atoms with Gasteiger partial charge in [0.15, 0.2) is 0 Å². The van der Waals surface area contributed by atoms with Crippen LogP contribution < -0.4 is 38.1 Å². The molecule has 56 heavy (non-hydrogen) atoms. The van der Waals surface area contributed by atoms with Crippen molar-refractivity contribution in [3.63, 3.8) is 0 Å². The fraction of sp³-hybridized carbons (Fsp3) is 0.639. The predicted octanol–water partition coefficient (Wildman–Crippen LogP) is -1.19. The molecular formula is C36H59N7O12S. The summed E-state index contributed by atoms with van der Waals surface area (Å²) in [5.74, 6) is -3.55. The SMILES string of the molecule is CC(=O)OCc1ccc(NC(=O)CNC(=O)C(NC(=O)C(CS)NC(=O)CCOCCOCCOCCOCCC(=O)C(C)C)C(C)N)cc1C(=O)NCCN. The molecule has 0 fully saturated rings. The van der Waals surface area contributed by atoms with E-state index < -0.39 is 60.2 Å². The van der Waals surface area contributed by atoms with Crippen molar-refractivity contribution in [3.05, 3.63) is 29.3 Å². The molecule has 0 radical (unpaired) electrons. The Kier molecular flexibility index (Phi) is 25.9. The van der Waals surface area contributed by atoms with Crippen LogP contribution in [0.25, 0.3) is 0 Å². The van der Waals surface area contributed by atoms with Crippen molar-refractivity contribution in [2.75, 3.05) is 83.6 Å². The number of nitrogens with two attached hydrogens (primary N) is 2. The van der Waals surface area contributed by atoms with Crippen LogP contribution in [0.15, 0.2) is 18.2 Å². The summed E-state index contributed by atoms with van der Waals surface area (Å²) < 4.78 is 26.6. The van der Waals surface area contributed by atoms with Crippen LogP contribution in [0.1, 0.15) is 56.5 Å². The molecule has 0 aliphatic rings. The molecule has 316 valence electrons. The number of ketones is 1. The van der Waals surface area contributed by atoms with Gasteiger partial charge in [0, 0.05) is 67.4 Å². The van der Waals surface area contributed by atoms with E-state index >= 15 is 0 Å². The Morgan fingerprint density at radius 3 is 1.89 bits per heavy atom. The summed E-state index contributed by atoms with van der Waals surface area (Å²) in [6.45, 7) is 8.57. The third-order valence-corrected chi connectivity index (χ3v) is 7.95. The van der Waals surface area contributed by atoms with E-state index in [1.807, 2.05) is 13.8 Å². The van der Waals surface area contributed by atoms with E-state index in [2.05, 4.69) is 39.2 Å². The molecular weight excluding hydrogens is 754 g/mol. The van der Waals surface area contributed by atoms with Crippen LogP contribution in [-0.2, 0) is 59.1 Å². The highest BCUT2D eigenvalue weighted by Crippen LogP contribution is 2.17. The van der Waals surface area contributed by atoms with Crippen molar-refractivity contribution in [2.45, 2.75) is 65.3 Å². The van der Waals surface area contributed by atoms with E-state index in [1.54, 1.807) is 0 Å². The van der Waals surface area contributed by atoms with Crippen molar-refractivity contribution in [2.24, 2.45) is 17.4 Å². The third kappa shape index (κ3) is 21.8. The summed E-state index contributed by atoms with van der Waals surface area (Å²) in [7, 11) is 0. The number of carbonyl (C=O) groups excluding carboxylic acids is 7. The van der Waals surface area contributed by atoms with E-state index in [-0.39, 0.29) is 74.6 Å². The first-order valence-corrected chi connectivity index (χ1v) is 18.9. The lowest BCUT2D eigenvalue weighted by atomic mass is 10.1. The van der Waals surface area contributed by atoms with Gasteiger partial charge in [-0.25, -0.2) is 0 Å². The Morgan fingerprint density at radius 2 is 1.36 bits per heavy atom. The standard InChI is InChI=1S/C36H59N7O12S/c1-23(2)30(45)7-11-51-13-15-53-17-18-54-16-14-52-12-8-31(46)42-29(22-56)35(49)43-33(24(3)38)36(50)40-20-32(47)41-27-6-5-26(21-55-25(4)44)28(19-27)34(48)39-10-9-37/h5-6,19,23-24,29,33,56H,7-18,20-22,37-38H2,1-4H3,(H,39,48)(H,40,50)(H,41,47)(H,42,46)(H,43,49). The Hall–Kier alpha value is -4.18. The van der Waals surface area contributed by atoms with Gasteiger partial charge in [-0.05, 0) is 19.1 Å². The average molecular weight is 814 g/mol. The van der Waals surface area contributed by atoms with Gasteiger partial charge in [0.05, 0.1) is 59.4 Å². The monoisotopic (exact) mass is 813 g/mol. The van der Waals surface area contributed by atoms with Crippen LogP contribution in [0.5, 0.6) is 0 Å². The molecule has 19 nitrogen and oxygen atoms in total. The maximum Gasteiger partial charge on any atom is 0.302 e. The van der Waals surface area contributed by atoms with Gasteiger partial charge in [0.1, 0.15) is 24.5 Å². The fourth-order valence-electron chi connectivity index (χ4n) is 4.47. The van der Waals surface area contributed by atoms with Gasteiger partial charge in [0.25, 0.3) is 5.91 Å². The van der Waals surface area contributed by atoms with Crippen LogP contribution >= 0.6 is 12.6 Å². The summed E-state index contributed by atoms with van der Waals surface area (Å²) >= 11 is 4.15. The number of Topliss-reactive ketones (excluding diaryl/α,β-unsaturated/α-hetero) is 1. The molecule has 1 rings (SSSR count). The Morgan fingerprint density at radius 1 is 0.768 bits per heavy atom.